The summed E-state index contributed by atoms with van der Waals surface area (Å²) in [6.07, 6.45) is 0.652. The number of likely N-dealkylation sites (tertiary alicyclic amines) is 1. The van der Waals surface area contributed by atoms with E-state index in [-0.39, 0.29) is 47.8 Å². The van der Waals surface area contributed by atoms with Crippen molar-refractivity contribution in [3.8, 4) is 0 Å². The lowest BCUT2D eigenvalue weighted by molar-refractivity contribution is -0.137. The Kier molecular flexibility index (Phi) is 6.95. The van der Waals surface area contributed by atoms with Crippen LogP contribution in [0.1, 0.15) is 36.0 Å². The van der Waals surface area contributed by atoms with Crippen molar-refractivity contribution >= 4 is 50.9 Å². The zero-order valence-corrected chi connectivity index (χ0v) is 17.9. The van der Waals surface area contributed by atoms with Crippen LogP contribution in [0.2, 0.25) is 0 Å². The molecule has 1 fully saturated rings. The molecule has 0 aliphatic carbocycles. The van der Waals surface area contributed by atoms with Gasteiger partial charge in [-0.25, -0.2) is 4.98 Å². The minimum Gasteiger partial charge on any atom is -0.370 e. The summed E-state index contributed by atoms with van der Waals surface area (Å²) in [6, 6.07) is 5.56. The van der Waals surface area contributed by atoms with Crippen molar-refractivity contribution in [3.05, 3.63) is 29.3 Å². The molecule has 1 saturated heterocycles. The molecule has 31 heavy (non-hydrogen) atoms. The van der Waals surface area contributed by atoms with Gasteiger partial charge in [0.25, 0.3) is 0 Å². The fraction of sp³-hybridized carbons (Fsp3) is 0.400. The third kappa shape index (κ3) is 5.43. The molecule has 1 aromatic heterocycles. The number of aromatic nitrogens is 1. The van der Waals surface area contributed by atoms with Gasteiger partial charge in [0, 0.05) is 19.9 Å². The molecule has 10 nitrogen and oxygen atoms in total. The van der Waals surface area contributed by atoms with Crippen molar-refractivity contribution in [1.29, 1.82) is 0 Å². The second kappa shape index (κ2) is 9.65. The summed E-state index contributed by atoms with van der Waals surface area (Å²) in [7, 11) is 0. The van der Waals surface area contributed by atoms with E-state index in [4.69, 9.17) is 11.5 Å². The maximum atomic E-state index is 13.2. The second-order valence-corrected chi connectivity index (χ2v) is 8.30. The van der Waals surface area contributed by atoms with Crippen LogP contribution in [0.4, 0.5) is 0 Å². The molecule has 0 bridgehead atoms. The van der Waals surface area contributed by atoms with Crippen LogP contribution >= 0.6 is 11.3 Å². The quantitative estimate of drug-likeness (QED) is 0.227. The van der Waals surface area contributed by atoms with Crippen molar-refractivity contribution in [2.24, 2.45) is 16.5 Å². The van der Waals surface area contributed by atoms with Crippen LogP contribution < -0.4 is 16.8 Å². The highest BCUT2D eigenvalue weighted by Gasteiger charge is 2.38. The number of hydrogen-bond donors (Lipinski definition) is 3. The molecule has 1 aromatic carbocycles. The van der Waals surface area contributed by atoms with Crippen LogP contribution in [-0.4, -0.2) is 64.4 Å². The minimum absolute atomic E-state index is 0.0559. The predicted molar refractivity (Wildman–Crippen MR) is 117 cm³/mol. The molecule has 5 N–H and O–H groups in total. The van der Waals surface area contributed by atoms with Crippen LogP contribution in [0.5, 0.6) is 0 Å². The molecule has 1 aliphatic rings. The van der Waals surface area contributed by atoms with Gasteiger partial charge in [0.15, 0.2) is 16.8 Å². The number of carbonyl (C=O) groups is 4. The van der Waals surface area contributed by atoms with Gasteiger partial charge in [0.2, 0.25) is 17.6 Å². The number of nitrogens with one attached hydrogen (secondary N) is 1. The standard InChI is InChI=1S/C20H24N6O4S/c1-11(27)26-10-12(28)9-15(26)18(30)24-14(6-4-8-23-20(21)22)17(29)19-25-13-5-2-3-7-16(13)31-19/h2-3,5,7,14-15H,4,6,8-10H2,1H3,(H,24,30)(H4,21,22,23)/t14-,15-/m0/s1. The molecule has 0 spiro atoms. The van der Waals surface area contributed by atoms with Gasteiger partial charge >= 0.3 is 0 Å². The zero-order chi connectivity index (χ0) is 22.5. The van der Waals surface area contributed by atoms with E-state index in [2.05, 4.69) is 15.3 Å². The Morgan fingerprint density at radius 2 is 2.06 bits per heavy atom. The largest absolute Gasteiger partial charge is 0.370 e. The Hall–Kier alpha value is -3.34. The molecule has 2 amide bonds. The summed E-state index contributed by atoms with van der Waals surface area (Å²) in [5.41, 5.74) is 11.4. The van der Waals surface area contributed by atoms with Crippen LogP contribution in [0.25, 0.3) is 10.2 Å². The van der Waals surface area contributed by atoms with Crippen LogP contribution in [-0.2, 0) is 14.4 Å². The fourth-order valence-electron chi connectivity index (χ4n) is 3.42. The van der Waals surface area contributed by atoms with Gasteiger partial charge in [-0.1, -0.05) is 12.1 Å². The van der Waals surface area contributed by atoms with Crippen LogP contribution in [0, 0.1) is 0 Å². The van der Waals surface area contributed by atoms with Gasteiger partial charge < -0.3 is 21.7 Å². The number of nitrogens with zero attached hydrogens (tertiary/aromatic N) is 3. The average molecular weight is 445 g/mol. The summed E-state index contributed by atoms with van der Waals surface area (Å²) in [5.74, 6) is -1.50. The summed E-state index contributed by atoms with van der Waals surface area (Å²) < 4.78 is 0.862. The van der Waals surface area contributed by atoms with Crippen molar-refractivity contribution < 1.29 is 19.2 Å². The molecule has 3 rings (SSSR count). The number of hydrogen-bond acceptors (Lipinski definition) is 7. The van der Waals surface area contributed by atoms with Crippen LogP contribution in [0.3, 0.4) is 0 Å². The van der Waals surface area contributed by atoms with E-state index in [9.17, 15) is 19.2 Å². The van der Waals surface area contributed by atoms with Gasteiger partial charge in [0.1, 0.15) is 6.04 Å². The van der Waals surface area contributed by atoms with E-state index < -0.39 is 18.0 Å². The first-order chi connectivity index (χ1) is 14.8. The molecule has 11 heteroatoms. The van der Waals surface area contributed by atoms with E-state index in [0.29, 0.717) is 18.5 Å². The van der Waals surface area contributed by atoms with Gasteiger partial charge in [-0.15, -0.1) is 11.3 Å². The summed E-state index contributed by atoms with van der Waals surface area (Å²) >= 11 is 1.24. The fourth-order valence-corrected chi connectivity index (χ4v) is 4.38. The lowest BCUT2D eigenvalue weighted by atomic mass is 10.1. The number of amides is 2. The van der Waals surface area contributed by atoms with Gasteiger partial charge in [-0.2, -0.15) is 0 Å². The van der Waals surface area contributed by atoms with E-state index in [1.54, 1.807) is 0 Å². The first-order valence-electron chi connectivity index (χ1n) is 9.80. The molecule has 164 valence electrons. The Labute approximate surface area is 182 Å². The number of aliphatic imine (C=N–C) groups is 1. The molecule has 1 aliphatic heterocycles. The molecular formula is C20H24N6O4S. The van der Waals surface area contributed by atoms with Gasteiger partial charge in [-0.3, -0.25) is 24.2 Å². The third-order valence-corrected chi connectivity index (χ3v) is 5.98. The van der Waals surface area contributed by atoms with Crippen molar-refractivity contribution in [2.75, 3.05) is 13.1 Å². The van der Waals surface area contributed by atoms with E-state index in [1.165, 1.54) is 23.2 Å². The number of thiazole rings is 1. The Bertz CT molecular complexity index is 1010. The summed E-state index contributed by atoms with van der Waals surface area (Å²) in [6.45, 7) is 1.50. The highest BCUT2D eigenvalue weighted by atomic mass is 32.1. The van der Waals surface area contributed by atoms with Crippen LogP contribution in [0.15, 0.2) is 29.3 Å². The second-order valence-electron chi connectivity index (χ2n) is 7.27. The monoisotopic (exact) mass is 444 g/mol. The number of para-hydroxylation sites is 1. The van der Waals surface area contributed by atoms with Crippen molar-refractivity contribution in [1.82, 2.24) is 15.2 Å². The first-order valence-corrected chi connectivity index (χ1v) is 10.6. The van der Waals surface area contributed by atoms with Crippen molar-refractivity contribution in [2.45, 2.75) is 38.3 Å². The number of carbonyl (C=O) groups excluding carboxylic acids is 4. The van der Waals surface area contributed by atoms with E-state index in [0.717, 1.165) is 4.70 Å². The maximum Gasteiger partial charge on any atom is 0.243 e. The predicted octanol–water partition coefficient (Wildman–Crippen LogP) is 0.207. The minimum atomic E-state index is -0.923. The maximum absolute atomic E-state index is 13.2. The van der Waals surface area contributed by atoms with E-state index >= 15 is 0 Å². The summed E-state index contributed by atoms with van der Waals surface area (Å²) in [4.78, 5) is 59.1. The number of rotatable bonds is 8. The Morgan fingerprint density at radius 3 is 2.74 bits per heavy atom. The van der Waals surface area contributed by atoms with Gasteiger partial charge in [-0.05, 0) is 25.0 Å². The number of fused-ring (bicyclic) bond motifs is 1. The average Bonchev–Trinajstić information content (AvgIpc) is 3.33. The Balaban J connectivity index is 1.79. The first kappa shape index (κ1) is 22.3. The highest BCUT2D eigenvalue weighted by molar-refractivity contribution is 7.20. The summed E-state index contributed by atoms with van der Waals surface area (Å²) in [5, 5.41) is 2.99. The smallest absolute Gasteiger partial charge is 0.243 e. The normalized spacial score (nSPS) is 16.9. The Morgan fingerprint density at radius 1 is 1.32 bits per heavy atom. The number of nitrogens with two attached hydrogens (primary N) is 2. The molecule has 0 unspecified atom stereocenters. The number of guanidine groups is 1. The van der Waals surface area contributed by atoms with E-state index in [1.807, 2.05) is 24.3 Å². The lowest BCUT2D eigenvalue weighted by Gasteiger charge is -2.24. The molecular weight excluding hydrogens is 420 g/mol. The topological polar surface area (TPSA) is 161 Å². The zero-order valence-electron chi connectivity index (χ0n) is 17.0. The SMILES string of the molecule is CC(=O)N1CC(=O)C[C@H]1C(=O)N[C@@H](CCCN=C(N)N)C(=O)c1nc2ccccc2s1. The highest BCUT2D eigenvalue weighted by Crippen LogP contribution is 2.24. The number of Topliss-reactive ketones (excluding diaryl/α,β-unsaturated/α-hetero) is 2. The van der Waals surface area contributed by atoms with Crippen molar-refractivity contribution in [3.63, 3.8) is 0 Å². The number of benzene rings is 1. The lowest BCUT2D eigenvalue weighted by Crippen LogP contribution is -2.50. The molecule has 2 atom stereocenters. The molecule has 0 saturated carbocycles. The molecule has 2 aromatic rings. The number of ketones is 2. The van der Waals surface area contributed by atoms with Gasteiger partial charge in [0.05, 0.1) is 22.8 Å². The molecule has 2 heterocycles. The molecule has 0 radical (unpaired) electrons. The third-order valence-electron chi connectivity index (χ3n) is 4.93.